The van der Waals surface area contributed by atoms with Crippen LogP contribution in [0.1, 0.15) is 20.3 Å². The van der Waals surface area contributed by atoms with Crippen LogP contribution in [0.2, 0.25) is 0 Å². The second-order valence-electron chi connectivity index (χ2n) is 3.51. The molecule has 0 aromatic rings. The lowest BCUT2D eigenvalue weighted by Crippen LogP contribution is -2.55. The first-order valence-electron chi connectivity index (χ1n) is 5.41. The van der Waals surface area contributed by atoms with Gasteiger partial charge in [-0.05, 0) is 19.9 Å². The smallest absolute Gasteiger partial charge is 0.324 e. The second-order valence-corrected chi connectivity index (χ2v) is 3.51. The number of carbonyl (C=O) groups is 1. The van der Waals surface area contributed by atoms with Crippen LogP contribution >= 0.6 is 0 Å². The molecule has 14 heavy (non-hydrogen) atoms. The van der Waals surface area contributed by atoms with E-state index in [1.807, 2.05) is 6.92 Å². The fraction of sp³-hybridized carbons (Fsp3) is 0.900. The van der Waals surface area contributed by atoms with Crippen molar-refractivity contribution in [3.63, 3.8) is 0 Å². The number of hydrogen-bond donors (Lipinski definition) is 1. The average molecular weight is 200 g/mol. The van der Waals surface area contributed by atoms with E-state index < -0.39 is 0 Å². The first-order chi connectivity index (χ1) is 6.79. The van der Waals surface area contributed by atoms with E-state index in [1.54, 1.807) is 0 Å². The monoisotopic (exact) mass is 200 g/mol. The first kappa shape index (κ1) is 11.5. The van der Waals surface area contributed by atoms with Crippen LogP contribution in [-0.4, -0.2) is 49.7 Å². The highest BCUT2D eigenvalue weighted by Gasteiger charge is 2.28. The largest absolute Gasteiger partial charge is 0.465 e. The van der Waals surface area contributed by atoms with Crippen molar-refractivity contribution < 1.29 is 9.53 Å². The van der Waals surface area contributed by atoms with Crippen LogP contribution in [-0.2, 0) is 9.53 Å². The molecule has 82 valence electrons. The maximum absolute atomic E-state index is 11.6. The molecule has 1 aliphatic rings. The van der Waals surface area contributed by atoms with Gasteiger partial charge in [-0.3, -0.25) is 9.69 Å². The second kappa shape index (κ2) is 5.98. The van der Waals surface area contributed by atoms with E-state index in [9.17, 15) is 4.79 Å². The maximum Gasteiger partial charge on any atom is 0.324 e. The summed E-state index contributed by atoms with van der Waals surface area (Å²) in [5.74, 6) is -0.0897. The molecule has 4 heteroatoms. The van der Waals surface area contributed by atoms with Gasteiger partial charge in [0.05, 0.1) is 6.61 Å². The quantitative estimate of drug-likeness (QED) is 0.660. The molecule has 0 bridgehead atoms. The van der Waals surface area contributed by atoms with Gasteiger partial charge in [0, 0.05) is 19.6 Å². The normalized spacial score (nSPS) is 23.4. The minimum atomic E-state index is -0.0897. The molecule has 1 unspecified atom stereocenters. The van der Waals surface area contributed by atoms with E-state index in [4.69, 9.17) is 4.74 Å². The van der Waals surface area contributed by atoms with E-state index in [1.165, 1.54) is 0 Å². The zero-order valence-corrected chi connectivity index (χ0v) is 9.08. The summed E-state index contributed by atoms with van der Waals surface area (Å²) < 4.78 is 5.04. The standard InChI is InChI=1S/C10H20N2O2/c1-3-6-12-7-5-11-8-9(12)10(13)14-4-2/h9,11H,3-8H2,1-2H3. The van der Waals surface area contributed by atoms with Gasteiger partial charge in [0.1, 0.15) is 6.04 Å². The maximum atomic E-state index is 11.6. The predicted octanol–water partition coefficient (Wildman–Crippen LogP) is 0.233. The van der Waals surface area contributed by atoms with E-state index in [0.29, 0.717) is 6.61 Å². The van der Waals surface area contributed by atoms with Crippen molar-refractivity contribution in [1.82, 2.24) is 10.2 Å². The summed E-state index contributed by atoms with van der Waals surface area (Å²) in [6, 6.07) is -0.0800. The zero-order chi connectivity index (χ0) is 10.4. The summed E-state index contributed by atoms with van der Waals surface area (Å²) >= 11 is 0. The lowest BCUT2D eigenvalue weighted by atomic mass is 10.2. The molecule has 1 fully saturated rings. The third-order valence-electron chi connectivity index (χ3n) is 2.42. The zero-order valence-electron chi connectivity index (χ0n) is 9.08. The molecule has 1 aliphatic heterocycles. The van der Waals surface area contributed by atoms with Crippen molar-refractivity contribution in [2.24, 2.45) is 0 Å². The summed E-state index contributed by atoms with van der Waals surface area (Å²) in [7, 11) is 0. The van der Waals surface area contributed by atoms with Gasteiger partial charge in [-0.15, -0.1) is 0 Å². The van der Waals surface area contributed by atoms with Crippen molar-refractivity contribution in [2.45, 2.75) is 26.3 Å². The highest BCUT2D eigenvalue weighted by Crippen LogP contribution is 2.06. The molecule has 0 aromatic carbocycles. The molecule has 0 spiro atoms. The minimum Gasteiger partial charge on any atom is -0.465 e. The highest BCUT2D eigenvalue weighted by molar-refractivity contribution is 5.76. The third-order valence-corrected chi connectivity index (χ3v) is 2.42. The summed E-state index contributed by atoms with van der Waals surface area (Å²) in [5.41, 5.74) is 0. The Hall–Kier alpha value is -0.610. The summed E-state index contributed by atoms with van der Waals surface area (Å²) in [5, 5.41) is 3.22. The molecule has 4 nitrogen and oxygen atoms in total. The summed E-state index contributed by atoms with van der Waals surface area (Å²) in [6.45, 7) is 8.05. The van der Waals surface area contributed by atoms with Gasteiger partial charge >= 0.3 is 5.97 Å². The molecule has 1 saturated heterocycles. The SMILES string of the molecule is CCCN1CCNCC1C(=O)OCC. The average Bonchev–Trinajstić information content (AvgIpc) is 2.19. The first-order valence-corrected chi connectivity index (χ1v) is 5.41. The molecule has 1 N–H and O–H groups in total. The van der Waals surface area contributed by atoms with Crippen molar-refractivity contribution in [3.8, 4) is 0 Å². The highest BCUT2D eigenvalue weighted by atomic mass is 16.5. The molecule has 0 saturated carbocycles. The van der Waals surface area contributed by atoms with Gasteiger partial charge < -0.3 is 10.1 Å². The number of ether oxygens (including phenoxy) is 1. The van der Waals surface area contributed by atoms with E-state index in [-0.39, 0.29) is 12.0 Å². The lowest BCUT2D eigenvalue weighted by molar-refractivity contribution is -0.150. The number of carbonyl (C=O) groups excluding carboxylic acids is 1. The van der Waals surface area contributed by atoms with E-state index in [0.717, 1.165) is 32.6 Å². The Kier molecular flexibility index (Phi) is 4.90. The molecule has 1 heterocycles. The number of nitrogens with one attached hydrogen (secondary N) is 1. The van der Waals surface area contributed by atoms with Crippen molar-refractivity contribution in [1.29, 1.82) is 0 Å². The number of nitrogens with zero attached hydrogens (tertiary/aromatic N) is 1. The molecule has 0 amide bonds. The molecule has 0 radical (unpaired) electrons. The fourth-order valence-electron chi connectivity index (χ4n) is 1.77. The molecule has 0 aliphatic carbocycles. The molecule has 0 aromatic heterocycles. The van der Waals surface area contributed by atoms with Gasteiger partial charge in [0.2, 0.25) is 0 Å². The van der Waals surface area contributed by atoms with E-state index >= 15 is 0 Å². The van der Waals surface area contributed by atoms with Crippen LogP contribution in [0.4, 0.5) is 0 Å². The Balaban J connectivity index is 2.48. The minimum absolute atomic E-state index is 0.0800. The summed E-state index contributed by atoms with van der Waals surface area (Å²) in [6.07, 6.45) is 1.08. The number of rotatable bonds is 4. The van der Waals surface area contributed by atoms with E-state index in [2.05, 4.69) is 17.1 Å². The summed E-state index contributed by atoms with van der Waals surface area (Å²) in [4.78, 5) is 13.8. The van der Waals surface area contributed by atoms with Crippen LogP contribution in [0.5, 0.6) is 0 Å². The molecule has 1 rings (SSSR count). The number of hydrogen-bond acceptors (Lipinski definition) is 4. The molecular weight excluding hydrogens is 180 g/mol. The van der Waals surface area contributed by atoms with Gasteiger partial charge in [-0.1, -0.05) is 6.92 Å². The Morgan fingerprint density at radius 2 is 2.36 bits per heavy atom. The van der Waals surface area contributed by atoms with Crippen LogP contribution in [0.25, 0.3) is 0 Å². The third kappa shape index (κ3) is 2.96. The van der Waals surface area contributed by atoms with Crippen molar-refractivity contribution in [3.05, 3.63) is 0 Å². The number of piperazine rings is 1. The molecule has 1 atom stereocenters. The number of esters is 1. The van der Waals surface area contributed by atoms with Crippen LogP contribution < -0.4 is 5.32 Å². The Morgan fingerprint density at radius 3 is 3.00 bits per heavy atom. The predicted molar refractivity (Wildman–Crippen MR) is 55.2 cm³/mol. The topological polar surface area (TPSA) is 41.6 Å². The van der Waals surface area contributed by atoms with Gasteiger partial charge in [-0.2, -0.15) is 0 Å². The van der Waals surface area contributed by atoms with Crippen molar-refractivity contribution in [2.75, 3.05) is 32.8 Å². The van der Waals surface area contributed by atoms with Gasteiger partial charge in [-0.25, -0.2) is 0 Å². The van der Waals surface area contributed by atoms with Gasteiger partial charge in [0.25, 0.3) is 0 Å². The van der Waals surface area contributed by atoms with Crippen LogP contribution in [0.15, 0.2) is 0 Å². The Morgan fingerprint density at radius 1 is 1.57 bits per heavy atom. The van der Waals surface area contributed by atoms with Gasteiger partial charge in [0.15, 0.2) is 0 Å². The Labute approximate surface area is 85.6 Å². The Bertz CT molecular complexity index is 183. The van der Waals surface area contributed by atoms with Crippen LogP contribution in [0.3, 0.4) is 0 Å². The fourth-order valence-corrected chi connectivity index (χ4v) is 1.77. The molecular formula is C10H20N2O2. The van der Waals surface area contributed by atoms with Crippen molar-refractivity contribution >= 4 is 5.97 Å². The lowest BCUT2D eigenvalue weighted by Gasteiger charge is -2.34. The van der Waals surface area contributed by atoms with Crippen LogP contribution in [0, 0.1) is 0 Å².